The van der Waals surface area contributed by atoms with Gasteiger partial charge in [-0.05, 0) is 37.1 Å². The molecular formula is C17H20N2O. The summed E-state index contributed by atoms with van der Waals surface area (Å²) >= 11 is 0. The molecule has 0 amide bonds. The summed E-state index contributed by atoms with van der Waals surface area (Å²) in [5, 5.41) is 0. The highest BCUT2D eigenvalue weighted by Crippen LogP contribution is 2.08. The van der Waals surface area contributed by atoms with E-state index in [1.165, 1.54) is 5.56 Å². The van der Waals surface area contributed by atoms with Crippen molar-refractivity contribution < 1.29 is 0 Å². The van der Waals surface area contributed by atoms with Gasteiger partial charge in [-0.1, -0.05) is 42.0 Å². The smallest absolute Gasteiger partial charge is 0.251 e. The molecule has 0 aliphatic heterocycles. The molecule has 104 valence electrons. The molecule has 0 bridgehead atoms. The summed E-state index contributed by atoms with van der Waals surface area (Å²) in [6.07, 6.45) is 6.61. The first kappa shape index (κ1) is 14.3. The second-order valence-electron chi connectivity index (χ2n) is 4.88. The third-order valence-corrected chi connectivity index (χ3v) is 3.17. The zero-order chi connectivity index (χ0) is 14.4. The van der Waals surface area contributed by atoms with Crippen LogP contribution in [-0.2, 0) is 6.54 Å². The summed E-state index contributed by atoms with van der Waals surface area (Å²) in [6.45, 7) is 3.34. The lowest BCUT2D eigenvalue weighted by atomic mass is 10.1. The average molecular weight is 268 g/mol. The first-order valence-electron chi connectivity index (χ1n) is 6.84. The van der Waals surface area contributed by atoms with Crippen LogP contribution in [0.15, 0.2) is 47.4 Å². The van der Waals surface area contributed by atoms with Gasteiger partial charge in [0.15, 0.2) is 0 Å². The van der Waals surface area contributed by atoms with Crippen LogP contribution in [0.1, 0.15) is 23.1 Å². The Morgan fingerprint density at radius 3 is 2.45 bits per heavy atom. The monoisotopic (exact) mass is 268 g/mol. The van der Waals surface area contributed by atoms with Gasteiger partial charge in [0, 0.05) is 18.8 Å². The van der Waals surface area contributed by atoms with Crippen molar-refractivity contribution in [1.29, 1.82) is 0 Å². The molecule has 1 aromatic carbocycles. The topological polar surface area (TPSA) is 48.0 Å². The normalized spacial score (nSPS) is 11.1. The van der Waals surface area contributed by atoms with Crippen molar-refractivity contribution in [3.63, 3.8) is 0 Å². The van der Waals surface area contributed by atoms with E-state index in [9.17, 15) is 4.79 Å². The van der Waals surface area contributed by atoms with Crippen LogP contribution in [0.3, 0.4) is 0 Å². The van der Waals surface area contributed by atoms with Gasteiger partial charge in [-0.3, -0.25) is 4.79 Å². The maximum absolute atomic E-state index is 11.9. The molecule has 3 nitrogen and oxygen atoms in total. The zero-order valence-electron chi connectivity index (χ0n) is 11.8. The Labute approximate surface area is 119 Å². The minimum Gasteiger partial charge on any atom is -0.330 e. The largest absolute Gasteiger partial charge is 0.330 e. The van der Waals surface area contributed by atoms with E-state index in [1.54, 1.807) is 10.6 Å². The highest BCUT2D eigenvalue weighted by atomic mass is 16.1. The predicted octanol–water partition coefficient (Wildman–Crippen LogP) is 2.68. The molecular weight excluding hydrogens is 248 g/mol. The van der Waals surface area contributed by atoms with E-state index >= 15 is 0 Å². The predicted molar refractivity (Wildman–Crippen MR) is 84.5 cm³/mol. The molecule has 0 saturated carbocycles. The maximum atomic E-state index is 11.9. The van der Waals surface area contributed by atoms with Crippen LogP contribution in [0.25, 0.3) is 12.2 Å². The van der Waals surface area contributed by atoms with Crippen LogP contribution in [0.5, 0.6) is 0 Å². The minimum atomic E-state index is 0.0181. The standard InChI is InChI=1S/C17H20N2O/c1-14-3-5-15(6-4-14)7-8-16-9-12-19(11-2-10-18)17(20)13-16/h3-9,12-13H,2,10-11,18H2,1H3/b8-7+. The Morgan fingerprint density at radius 2 is 1.80 bits per heavy atom. The summed E-state index contributed by atoms with van der Waals surface area (Å²) in [5.41, 5.74) is 8.75. The summed E-state index contributed by atoms with van der Waals surface area (Å²) in [4.78, 5) is 11.9. The Balaban J connectivity index is 2.12. The number of nitrogens with zero attached hydrogens (tertiary/aromatic N) is 1. The molecule has 1 heterocycles. The average Bonchev–Trinajstić information content (AvgIpc) is 2.46. The summed E-state index contributed by atoms with van der Waals surface area (Å²) in [6, 6.07) is 11.9. The van der Waals surface area contributed by atoms with Crippen LogP contribution in [0.4, 0.5) is 0 Å². The van der Waals surface area contributed by atoms with Crippen LogP contribution < -0.4 is 11.3 Å². The van der Waals surface area contributed by atoms with Crippen LogP contribution in [0.2, 0.25) is 0 Å². The first-order chi connectivity index (χ1) is 9.69. The molecule has 0 spiro atoms. The van der Waals surface area contributed by atoms with Crippen LogP contribution in [-0.4, -0.2) is 11.1 Å². The molecule has 1 aromatic heterocycles. The zero-order valence-corrected chi connectivity index (χ0v) is 11.8. The van der Waals surface area contributed by atoms with Gasteiger partial charge in [0.2, 0.25) is 0 Å². The molecule has 20 heavy (non-hydrogen) atoms. The van der Waals surface area contributed by atoms with E-state index in [-0.39, 0.29) is 5.56 Å². The SMILES string of the molecule is Cc1ccc(/C=C/c2ccn(CCCN)c(=O)c2)cc1. The summed E-state index contributed by atoms with van der Waals surface area (Å²) < 4.78 is 1.69. The van der Waals surface area contributed by atoms with Gasteiger partial charge in [-0.25, -0.2) is 0 Å². The quantitative estimate of drug-likeness (QED) is 0.906. The highest BCUT2D eigenvalue weighted by Gasteiger charge is 1.96. The Bertz CT molecular complexity index is 639. The van der Waals surface area contributed by atoms with Gasteiger partial charge < -0.3 is 10.3 Å². The first-order valence-corrected chi connectivity index (χ1v) is 6.84. The van der Waals surface area contributed by atoms with Crippen LogP contribution >= 0.6 is 0 Å². The lowest BCUT2D eigenvalue weighted by Gasteiger charge is -2.04. The van der Waals surface area contributed by atoms with Crippen molar-refractivity contribution in [1.82, 2.24) is 4.57 Å². The molecule has 0 radical (unpaired) electrons. The van der Waals surface area contributed by atoms with Gasteiger partial charge in [0.1, 0.15) is 0 Å². The molecule has 2 N–H and O–H groups in total. The van der Waals surface area contributed by atoms with E-state index in [1.807, 2.05) is 24.4 Å². The van der Waals surface area contributed by atoms with Crippen molar-refractivity contribution in [3.05, 3.63) is 69.6 Å². The van der Waals surface area contributed by atoms with Gasteiger partial charge in [-0.2, -0.15) is 0 Å². The van der Waals surface area contributed by atoms with Gasteiger partial charge in [0.25, 0.3) is 5.56 Å². The molecule has 0 atom stereocenters. The van der Waals surface area contributed by atoms with Crippen molar-refractivity contribution >= 4 is 12.2 Å². The van der Waals surface area contributed by atoms with Crippen molar-refractivity contribution in [2.24, 2.45) is 5.73 Å². The number of aryl methyl sites for hydroxylation is 2. The fourth-order valence-corrected chi connectivity index (χ4v) is 1.94. The number of hydrogen-bond donors (Lipinski definition) is 1. The second kappa shape index (κ2) is 6.87. The Hall–Kier alpha value is -2.13. The molecule has 2 rings (SSSR count). The molecule has 0 aliphatic rings. The molecule has 0 saturated heterocycles. The van der Waals surface area contributed by atoms with Crippen molar-refractivity contribution in [2.45, 2.75) is 19.9 Å². The van der Waals surface area contributed by atoms with Gasteiger partial charge in [0.05, 0.1) is 0 Å². The lowest BCUT2D eigenvalue weighted by molar-refractivity contribution is 0.629. The number of pyridine rings is 1. The fourth-order valence-electron chi connectivity index (χ4n) is 1.94. The lowest BCUT2D eigenvalue weighted by Crippen LogP contribution is -2.20. The van der Waals surface area contributed by atoms with Crippen molar-refractivity contribution in [2.75, 3.05) is 6.54 Å². The molecule has 2 aromatic rings. The number of benzene rings is 1. The van der Waals surface area contributed by atoms with Crippen LogP contribution in [0, 0.1) is 6.92 Å². The summed E-state index contributed by atoms with van der Waals surface area (Å²) in [7, 11) is 0. The third kappa shape index (κ3) is 3.93. The molecule has 0 aliphatic carbocycles. The number of nitrogens with two attached hydrogens (primary N) is 1. The van der Waals surface area contributed by atoms with Gasteiger partial charge >= 0.3 is 0 Å². The Morgan fingerprint density at radius 1 is 1.10 bits per heavy atom. The molecule has 0 unspecified atom stereocenters. The van der Waals surface area contributed by atoms with E-state index in [4.69, 9.17) is 5.73 Å². The van der Waals surface area contributed by atoms with Crippen molar-refractivity contribution in [3.8, 4) is 0 Å². The molecule has 3 heteroatoms. The third-order valence-electron chi connectivity index (χ3n) is 3.17. The van der Waals surface area contributed by atoms with Gasteiger partial charge in [-0.15, -0.1) is 0 Å². The van der Waals surface area contributed by atoms with E-state index in [0.717, 1.165) is 17.5 Å². The highest BCUT2D eigenvalue weighted by molar-refractivity contribution is 5.69. The molecule has 0 fully saturated rings. The van der Waals surface area contributed by atoms with E-state index < -0.39 is 0 Å². The number of rotatable bonds is 5. The maximum Gasteiger partial charge on any atom is 0.251 e. The Kier molecular flexibility index (Phi) is 4.91. The second-order valence-corrected chi connectivity index (χ2v) is 4.88. The van der Waals surface area contributed by atoms with E-state index in [0.29, 0.717) is 13.1 Å². The summed E-state index contributed by atoms with van der Waals surface area (Å²) in [5.74, 6) is 0. The minimum absolute atomic E-state index is 0.0181. The number of hydrogen-bond acceptors (Lipinski definition) is 2. The fraction of sp³-hybridized carbons (Fsp3) is 0.235. The number of aromatic nitrogens is 1. The van der Waals surface area contributed by atoms with E-state index in [2.05, 4.69) is 31.2 Å².